The van der Waals surface area contributed by atoms with Crippen molar-refractivity contribution in [3.8, 4) is 5.75 Å². The number of rotatable bonds is 9. The summed E-state index contributed by atoms with van der Waals surface area (Å²) in [6.07, 6.45) is 4.94. The predicted molar refractivity (Wildman–Crippen MR) is 152 cm³/mol. The molecule has 38 heavy (non-hydrogen) atoms. The van der Waals surface area contributed by atoms with E-state index in [0.29, 0.717) is 33.6 Å². The third kappa shape index (κ3) is 5.21. The molecule has 4 aromatic rings. The third-order valence-corrected chi connectivity index (χ3v) is 7.44. The molecular formula is C30H25ClN2O4S. The minimum Gasteiger partial charge on any atom is -0.503 e. The summed E-state index contributed by atoms with van der Waals surface area (Å²) >= 11 is 7.44. The van der Waals surface area contributed by atoms with Crippen LogP contribution in [0.1, 0.15) is 36.9 Å². The molecule has 0 aliphatic carbocycles. The number of carbonyl (C=O) groups is 2. The summed E-state index contributed by atoms with van der Waals surface area (Å²) in [7, 11) is 0. The predicted octanol–water partition coefficient (Wildman–Crippen LogP) is 7.31. The van der Waals surface area contributed by atoms with Crippen LogP contribution in [0.15, 0.2) is 90.2 Å². The van der Waals surface area contributed by atoms with Crippen LogP contribution >= 0.6 is 22.9 Å². The monoisotopic (exact) mass is 544 g/mol. The third-order valence-electron chi connectivity index (χ3n) is 6.19. The summed E-state index contributed by atoms with van der Waals surface area (Å²) in [6.45, 7) is 2.64. The van der Waals surface area contributed by atoms with Crippen LogP contribution in [0.5, 0.6) is 5.75 Å². The number of anilines is 1. The van der Waals surface area contributed by atoms with Crippen molar-refractivity contribution < 1.29 is 19.4 Å². The number of benzene rings is 3. The van der Waals surface area contributed by atoms with E-state index in [4.69, 9.17) is 16.3 Å². The number of ketones is 1. The second kappa shape index (κ2) is 11.2. The van der Waals surface area contributed by atoms with E-state index in [1.54, 1.807) is 30.3 Å². The number of aromatic nitrogens is 1. The molecule has 1 aromatic heterocycles. The van der Waals surface area contributed by atoms with Crippen LogP contribution in [0, 0.1) is 0 Å². The molecule has 0 bridgehead atoms. The average Bonchev–Trinajstić information content (AvgIpc) is 3.45. The van der Waals surface area contributed by atoms with Gasteiger partial charge in [-0.25, -0.2) is 4.98 Å². The van der Waals surface area contributed by atoms with Gasteiger partial charge in [-0.05, 0) is 54.0 Å². The molecule has 1 unspecified atom stereocenters. The number of carbonyl (C=O) groups excluding carboxylic acids is 2. The molecule has 2 heterocycles. The first-order chi connectivity index (χ1) is 18.5. The molecule has 1 amide bonds. The number of hydrogen-bond acceptors (Lipinski definition) is 6. The molecule has 0 spiro atoms. The SMILES string of the molecule is CCCCOc1cccc(C2C(C(=O)/C=C/c3ccccc3)=C(O)C(=O)N2c2nc3ccc(Cl)cc3s2)c1. The molecule has 1 aliphatic rings. The van der Waals surface area contributed by atoms with Gasteiger partial charge in [0.1, 0.15) is 5.75 Å². The first-order valence-electron chi connectivity index (χ1n) is 12.3. The smallest absolute Gasteiger partial charge is 0.296 e. The molecule has 1 N–H and O–H groups in total. The van der Waals surface area contributed by atoms with Gasteiger partial charge in [-0.15, -0.1) is 0 Å². The lowest BCUT2D eigenvalue weighted by atomic mass is 9.95. The normalized spacial score (nSPS) is 15.7. The van der Waals surface area contributed by atoms with Crippen molar-refractivity contribution in [2.24, 2.45) is 0 Å². The fraction of sp³-hybridized carbons (Fsp3) is 0.167. The first-order valence-corrected chi connectivity index (χ1v) is 13.5. The number of allylic oxidation sites excluding steroid dienone is 1. The van der Waals surface area contributed by atoms with Gasteiger partial charge in [-0.2, -0.15) is 0 Å². The van der Waals surface area contributed by atoms with Crippen molar-refractivity contribution in [3.63, 3.8) is 0 Å². The van der Waals surface area contributed by atoms with Crippen LogP contribution in [0.25, 0.3) is 16.3 Å². The highest BCUT2D eigenvalue weighted by Crippen LogP contribution is 2.44. The Balaban J connectivity index is 1.58. The van der Waals surface area contributed by atoms with Gasteiger partial charge in [0.05, 0.1) is 28.4 Å². The number of halogens is 1. The van der Waals surface area contributed by atoms with E-state index in [-0.39, 0.29) is 5.57 Å². The fourth-order valence-electron chi connectivity index (χ4n) is 4.29. The highest BCUT2D eigenvalue weighted by atomic mass is 35.5. The second-order valence-electron chi connectivity index (χ2n) is 8.83. The molecule has 0 fully saturated rings. The van der Waals surface area contributed by atoms with Crippen LogP contribution < -0.4 is 9.64 Å². The van der Waals surface area contributed by atoms with Crippen molar-refractivity contribution in [2.45, 2.75) is 25.8 Å². The lowest BCUT2D eigenvalue weighted by Gasteiger charge is -2.24. The van der Waals surface area contributed by atoms with Crippen molar-refractivity contribution in [3.05, 3.63) is 106 Å². The number of hydrogen-bond donors (Lipinski definition) is 1. The number of aliphatic hydroxyl groups excluding tert-OH is 1. The molecule has 8 heteroatoms. The van der Waals surface area contributed by atoms with Crippen LogP contribution in [0.4, 0.5) is 5.13 Å². The van der Waals surface area contributed by atoms with E-state index in [1.807, 2.05) is 48.5 Å². The summed E-state index contributed by atoms with van der Waals surface area (Å²) in [5.74, 6) is -1.12. The molecule has 3 aromatic carbocycles. The van der Waals surface area contributed by atoms with Gasteiger partial charge in [-0.1, -0.05) is 84.8 Å². The molecule has 0 saturated carbocycles. The van der Waals surface area contributed by atoms with E-state index in [1.165, 1.54) is 22.3 Å². The fourth-order valence-corrected chi connectivity index (χ4v) is 5.56. The second-order valence-corrected chi connectivity index (χ2v) is 10.3. The minimum atomic E-state index is -0.888. The highest BCUT2D eigenvalue weighted by molar-refractivity contribution is 7.22. The van der Waals surface area contributed by atoms with Crippen molar-refractivity contribution >= 4 is 56.1 Å². The van der Waals surface area contributed by atoms with E-state index in [9.17, 15) is 14.7 Å². The summed E-state index contributed by atoms with van der Waals surface area (Å²) in [5.41, 5.74) is 2.12. The molecule has 1 aliphatic heterocycles. The molecule has 6 nitrogen and oxygen atoms in total. The standard InChI is InChI=1S/C30H25ClN2O4S/c1-2-3-16-37-22-11-7-10-20(17-22)27-26(24(34)15-12-19-8-5-4-6-9-19)28(35)29(36)33(27)30-32-23-14-13-21(31)18-25(23)38-30/h4-15,17-18,27,35H,2-3,16H2,1H3/b15-12+. The number of nitrogens with zero attached hydrogens (tertiary/aromatic N) is 2. The molecule has 5 rings (SSSR count). The van der Waals surface area contributed by atoms with E-state index >= 15 is 0 Å². The topological polar surface area (TPSA) is 79.7 Å². The zero-order valence-electron chi connectivity index (χ0n) is 20.6. The Morgan fingerprint density at radius 2 is 1.95 bits per heavy atom. The summed E-state index contributed by atoms with van der Waals surface area (Å²) in [4.78, 5) is 33.0. The lowest BCUT2D eigenvalue weighted by molar-refractivity contribution is -0.117. The Kier molecular flexibility index (Phi) is 7.58. The van der Waals surface area contributed by atoms with Crippen LogP contribution in [0.3, 0.4) is 0 Å². The van der Waals surface area contributed by atoms with Crippen molar-refractivity contribution in [2.75, 3.05) is 11.5 Å². The number of aliphatic hydroxyl groups is 1. The lowest BCUT2D eigenvalue weighted by Crippen LogP contribution is -2.30. The number of amides is 1. The summed E-state index contributed by atoms with van der Waals surface area (Å²) < 4.78 is 6.69. The van der Waals surface area contributed by atoms with Gasteiger partial charge in [0.25, 0.3) is 5.91 Å². The number of unbranched alkanes of at least 4 members (excludes halogenated alkanes) is 1. The summed E-state index contributed by atoms with van der Waals surface area (Å²) in [6, 6.07) is 21.0. The zero-order chi connectivity index (χ0) is 26.6. The highest BCUT2D eigenvalue weighted by Gasteiger charge is 2.45. The van der Waals surface area contributed by atoms with Crippen LogP contribution in [-0.2, 0) is 9.59 Å². The average molecular weight is 545 g/mol. The Bertz CT molecular complexity index is 1560. The van der Waals surface area contributed by atoms with Crippen LogP contribution in [0.2, 0.25) is 5.02 Å². The largest absolute Gasteiger partial charge is 0.503 e. The number of ether oxygens (including phenoxy) is 1. The molecule has 0 saturated heterocycles. The quantitative estimate of drug-likeness (QED) is 0.176. The Hall–Kier alpha value is -3.94. The maximum Gasteiger partial charge on any atom is 0.296 e. The van der Waals surface area contributed by atoms with Gasteiger partial charge < -0.3 is 9.84 Å². The molecule has 192 valence electrons. The van der Waals surface area contributed by atoms with Crippen LogP contribution in [-0.4, -0.2) is 28.4 Å². The number of fused-ring (bicyclic) bond motifs is 1. The first kappa shape index (κ1) is 25.7. The van der Waals surface area contributed by atoms with Crippen molar-refractivity contribution in [1.82, 2.24) is 4.98 Å². The Labute approximate surface area is 229 Å². The molecule has 0 radical (unpaired) electrons. The Morgan fingerprint density at radius 3 is 2.74 bits per heavy atom. The maximum absolute atomic E-state index is 13.5. The zero-order valence-corrected chi connectivity index (χ0v) is 22.2. The van der Waals surface area contributed by atoms with Gasteiger partial charge in [0.15, 0.2) is 16.7 Å². The van der Waals surface area contributed by atoms with E-state index in [2.05, 4.69) is 11.9 Å². The van der Waals surface area contributed by atoms with Gasteiger partial charge in [-0.3, -0.25) is 14.5 Å². The maximum atomic E-state index is 13.5. The minimum absolute atomic E-state index is 0.00909. The molecule has 1 atom stereocenters. The number of thiazole rings is 1. The Morgan fingerprint density at radius 1 is 1.13 bits per heavy atom. The van der Waals surface area contributed by atoms with Gasteiger partial charge >= 0.3 is 0 Å². The molecular weight excluding hydrogens is 520 g/mol. The van der Waals surface area contributed by atoms with E-state index < -0.39 is 23.5 Å². The van der Waals surface area contributed by atoms with Gasteiger partial charge in [0.2, 0.25) is 0 Å². The van der Waals surface area contributed by atoms with Gasteiger partial charge in [0, 0.05) is 5.02 Å². The summed E-state index contributed by atoms with van der Waals surface area (Å²) in [5, 5.41) is 11.9. The van der Waals surface area contributed by atoms with Crippen molar-refractivity contribution in [1.29, 1.82) is 0 Å². The van der Waals surface area contributed by atoms with E-state index in [0.717, 1.165) is 23.1 Å².